The van der Waals surface area contributed by atoms with Crippen LogP contribution in [0.5, 0.6) is 0 Å². The van der Waals surface area contributed by atoms with Gasteiger partial charge >= 0.3 is 0 Å². The number of morpholine rings is 1. The average Bonchev–Trinajstić information content (AvgIpc) is 3.09. The maximum atomic E-state index is 10.1. The molecule has 1 unspecified atom stereocenters. The lowest BCUT2D eigenvalue weighted by molar-refractivity contribution is 0.123. The van der Waals surface area contributed by atoms with Crippen molar-refractivity contribution in [2.75, 3.05) is 31.2 Å². The van der Waals surface area contributed by atoms with Gasteiger partial charge in [-0.1, -0.05) is 29.3 Å². The third-order valence-electron chi connectivity index (χ3n) is 5.16. The molecule has 1 fully saturated rings. The quantitative estimate of drug-likeness (QED) is 0.683. The van der Waals surface area contributed by atoms with Gasteiger partial charge in [-0.05, 0) is 31.9 Å². The van der Waals surface area contributed by atoms with Gasteiger partial charge in [0.1, 0.15) is 11.1 Å². The normalized spacial score (nSPS) is 19.8. The first-order valence-electron chi connectivity index (χ1n) is 9.50. The number of benzene rings is 1. The summed E-state index contributed by atoms with van der Waals surface area (Å²) >= 11 is 14.2. The zero-order chi connectivity index (χ0) is 20.5. The second kappa shape index (κ2) is 8.45. The lowest BCUT2D eigenvalue weighted by Crippen LogP contribution is -2.36. The number of hydrogen-bond acceptors (Lipinski definition) is 6. The molecule has 0 aliphatic carbocycles. The topological polar surface area (TPSA) is 72.5 Å². The first kappa shape index (κ1) is 20.4. The highest BCUT2D eigenvalue weighted by molar-refractivity contribution is 7.19. The van der Waals surface area contributed by atoms with E-state index in [2.05, 4.69) is 17.9 Å². The number of nitrogens with zero attached hydrogens (tertiary/aromatic N) is 3. The fraction of sp³-hybridized carbons (Fsp3) is 0.381. The summed E-state index contributed by atoms with van der Waals surface area (Å²) < 4.78 is 5.48. The number of aliphatic imine (C=N–C) groups is 1. The molecule has 29 heavy (non-hydrogen) atoms. The van der Waals surface area contributed by atoms with Crippen molar-refractivity contribution in [3.05, 3.63) is 38.7 Å². The number of nitriles is 1. The Morgan fingerprint density at radius 3 is 2.76 bits per heavy atom. The van der Waals surface area contributed by atoms with Crippen LogP contribution in [0.25, 0.3) is 11.1 Å². The van der Waals surface area contributed by atoms with Crippen LogP contribution in [0.4, 0.5) is 5.00 Å². The highest BCUT2D eigenvalue weighted by Gasteiger charge is 2.30. The Bertz CT molecular complexity index is 1030. The van der Waals surface area contributed by atoms with Crippen LogP contribution in [0.1, 0.15) is 30.2 Å². The first-order valence-corrected chi connectivity index (χ1v) is 11.1. The number of rotatable bonds is 3. The summed E-state index contributed by atoms with van der Waals surface area (Å²) in [6, 6.07) is 7.85. The van der Waals surface area contributed by atoms with Gasteiger partial charge in [-0.2, -0.15) is 5.26 Å². The number of anilines is 1. The van der Waals surface area contributed by atoms with Gasteiger partial charge in [0.2, 0.25) is 0 Å². The predicted octanol–water partition coefficient (Wildman–Crippen LogP) is 5.42. The van der Waals surface area contributed by atoms with Gasteiger partial charge in [0.05, 0.1) is 35.1 Å². The Morgan fingerprint density at radius 1 is 1.31 bits per heavy atom. The molecule has 0 spiro atoms. The number of ether oxygens (including phenoxy) is 1. The summed E-state index contributed by atoms with van der Waals surface area (Å²) in [4.78, 5) is 7.80. The fourth-order valence-electron chi connectivity index (χ4n) is 3.66. The summed E-state index contributed by atoms with van der Waals surface area (Å²) in [7, 11) is 0. The minimum atomic E-state index is 0.145. The molecule has 2 aromatic rings. The van der Waals surface area contributed by atoms with E-state index in [9.17, 15) is 5.26 Å². The van der Waals surface area contributed by atoms with Crippen molar-refractivity contribution >= 4 is 51.0 Å². The molecule has 2 aliphatic rings. The molecule has 1 aromatic carbocycles. The van der Waals surface area contributed by atoms with Crippen LogP contribution in [0.15, 0.2) is 23.2 Å². The number of halogens is 2. The van der Waals surface area contributed by atoms with E-state index in [0.717, 1.165) is 40.5 Å². The Hall–Kier alpha value is -1.91. The zero-order valence-corrected chi connectivity index (χ0v) is 18.3. The molecule has 1 aromatic heterocycles. The standard InChI is InChI=1S/C21H20Cl2N4OS/c1-12-2-5-17(25)19(26-12)20-18(14-4-3-13(22)10-16(14)23)15(11-24)21(29-20)27-6-8-28-9-7-27/h3-4,10,12,25H,2,5-9H2,1H3. The molecule has 0 radical (unpaired) electrons. The SMILES string of the molecule is CC1CCC(=N)C(c2sc(N3CCOCC3)c(C#N)c2-c2ccc(Cl)cc2Cl)=N1. The summed E-state index contributed by atoms with van der Waals surface area (Å²) in [5.41, 5.74) is 3.25. The second-order valence-corrected chi connectivity index (χ2v) is 9.01. The van der Waals surface area contributed by atoms with Crippen LogP contribution in [-0.2, 0) is 4.74 Å². The molecule has 4 rings (SSSR count). The van der Waals surface area contributed by atoms with Crippen molar-refractivity contribution in [3.63, 3.8) is 0 Å². The van der Waals surface area contributed by atoms with E-state index in [-0.39, 0.29) is 6.04 Å². The molecule has 1 atom stereocenters. The second-order valence-electron chi connectivity index (χ2n) is 7.17. The highest BCUT2D eigenvalue weighted by atomic mass is 35.5. The monoisotopic (exact) mass is 446 g/mol. The van der Waals surface area contributed by atoms with Gasteiger partial charge in [-0.25, -0.2) is 0 Å². The van der Waals surface area contributed by atoms with Gasteiger partial charge in [-0.15, -0.1) is 11.3 Å². The van der Waals surface area contributed by atoms with Crippen molar-refractivity contribution in [2.45, 2.75) is 25.8 Å². The van der Waals surface area contributed by atoms with Crippen molar-refractivity contribution in [2.24, 2.45) is 4.99 Å². The molecule has 1 saturated heterocycles. The fourth-order valence-corrected chi connectivity index (χ4v) is 5.50. The van der Waals surface area contributed by atoms with Gasteiger partial charge in [0, 0.05) is 40.3 Å². The maximum absolute atomic E-state index is 10.1. The molecule has 0 saturated carbocycles. The third-order valence-corrected chi connectivity index (χ3v) is 6.97. The lowest BCUT2D eigenvalue weighted by Gasteiger charge is -2.27. The molecule has 0 amide bonds. The first-order chi connectivity index (χ1) is 14.0. The van der Waals surface area contributed by atoms with Crippen LogP contribution in [-0.4, -0.2) is 43.8 Å². The van der Waals surface area contributed by atoms with Crippen molar-refractivity contribution in [1.82, 2.24) is 0 Å². The van der Waals surface area contributed by atoms with Crippen molar-refractivity contribution < 1.29 is 4.74 Å². The Labute approximate surface area is 184 Å². The molecular weight excluding hydrogens is 427 g/mol. The number of thiophene rings is 1. The molecule has 3 heterocycles. The van der Waals surface area contributed by atoms with Crippen LogP contribution >= 0.6 is 34.5 Å². The van der Waals surface area contributed by atoms with Gasteiger partial charge in [0.25, 0.3) is 0 Å². The van der Waals surface area contributed by atoms with E-state index in [0.29, 0.717) is 46.7 Å². The zero-order valence-electron chi connectivity index (χ0n) is 16.0. The van der Waals surface area contributed by atoms with E-state index in [4.69, 9.17) is 38.3 Å². The molecule has 2 aliphatic heterocycles. The summed E-state index contributed by atoms with van der Waals surface area (Å²) in [6.45, 7) is 4.76. The molecular formula is C21H20Cl2N4OS. The van der Waals surface area contributed by atoms with E-state index >= 15 is 0 Å². The predicted molar refractivity (Wildman–Crippen MR) is 120 cm³/mol. The molecule has 1 N–H and O–H groups in total. The smallest absolute Gasteiger partial charge is 0.110 e. The summed E-state index contributed by atoms with van der Waals surface area (Å²) in [5, 5.41) is 20.5. The van der Waals surface area contributed by atoms with Crippen molar-refractivity contribution in [1.29, 1.82) is 10.7 Å². The van der Waals surface area contributed by atoms with Crippen LogP contribution in [0.3, 0.4) is 0 Å². The number of nitrogens with one attached hydrogen (secondary N) is 1. The van der Waals surface area contributed by atoms with Gasteiger partial charge < -0.3 is 15.0 Å². The Morgan fingerprint density at radius 2 is 2.07 bits per heavy atom. The summed E-state index contributed by atoms with van der Waals surface area (Å²) in [5.74, 6) is 0. The van der Waals surface area contributed by atoms with Gasteiger partial charge in [0.15, 0.2) is 0 Å². The van der Waals surface area contributed by atoms with E-state index in [1.54, 1.807) is 12.1 Å². The van der Waals surface area contributed by atoms with E-state index < -0.39 is 0 Å². The maximum Gasteiger partial charge on any atom is 0.110 e. The van der Waals surface area contributed by atoms with Crippen molar-refractivity contribution in [3.8, 4) is 17.2 Å². The summed E-state index contributed by atoms with van der Waals surface area (Å²) in [6.07, 6.45) is 1.55. The van der Waals surface area contributed by atoms with Crippen LogP contribution < -0.4 is 4.90 Å². The highest BCUT2D eigenvalue weighted by Crippen LogP contribution is 2.45. The molecule has 0 bridgehead atoms. The third kappa shape index (κ3) is 3.93. The van der Waals surface area contributed by atoms with Gasteiger partial charge in [-0.3, -0.25) is 4.99 Å². The minimum absolute atomic E-state index is 0.145. The van der Waals surface area contributed by atoms with Crippen LogP contribution in [0.2, 0.25) is 10.0 Å². The average molecular weight is 447 g/mol. The van der Waals surface area contributed by atoms with Crippen LogP contribution in [0, 0.1) is 16.7 Å². The lowest BCUT2D eigenvalue weighted by atomic mass is 9.94. The van der Waals surface area contributed by atoms with E-state index in [1.165, 1.54) is 11.3 Å². The molecule has 5 nitrogen and oxygen atoms in total. The molecule has 150 valence electrons. The molecule has 8 heteroatoms. The minimum Gasteiger partial charge on any atom is -0.378 e. The Balaban J connectivity index is 1.97. The largest absolute Gasteiger partial charge is 0.378 e. The Kier molecular flexibility index (Phi) is 5.93. The number of hydrogen-bond donors (Lipinski definition) is 1. The van der Waals surface area contributed by atoms with E-state index in [1.807, 2.05) is 6.07 Å².